The van der Waals surface area contributed by atoms with E-state index in [2.05, 4.69) is 19.2 Å². The van der Waals surface area contributed by atoms with Crippen molar-refractivity contribution in [1.29, 1.82) is 0 Å². The molecule has 2 nitrogen and oxygen atoms in total. The van der Waals surface area contributed by atoms with E-state index in [1.165, 1.54) is 11.6 Å². The lowest BCUT2D eigenvalue weighted by Gasteiger charge is -2.20. The summed E-state index contributed by atoms with van der Waals surface area (Å²) in [5.74, 6) is 0.838. The van der Waals surface area contributed by atoms with Crippen molar-refractivity contribution in [3.63, 3.8) is 0 Å². The van der Waals surface area contributed by atoms with E-state index in [4.69, 9.17) is 4.42 Å². The van der Waals surface area contributed by atoms with Crippen LogP contribution in [0.5, 0.6) is 0 Å². The number of hydrogen-bond acceptors (Lipinski definition) is 2. The molecule has 0 aliphatic carbocycles. The van der Waals surface area contributed by atoms with Gasteiger partial charge in [0.15, 0.2) is 0 Å². The smallest absolute Gasteiger partial charge is 0.123 e. The number of halogens is 1. The number of hydrogen-bond donors (Lipinski definition) is 1. The highest BCUT2D eigenvalue weighted by Crippen LogP contribution is 2.25. The Bertz CT molecular complexity index is 576. The largest absolute Gasteiger partial charge is 0.469 e. The molecular weight excluding hydrogens is 265 g/mol. The van der Waals surface area contributed by atoms with Gasteiger partial charge in [0.1, 0.15) is 11.6 Å². The van der Waals surface area contributed by atoms with Crippen LogP contribution >= 0.6 is 0 Å². The predicted octanol–water partition coefficient (Wildman–Crippen LogP) is 4.57. The Balaban J connectivity index is 2.26. The Morgan fingerprint density at radius 2 is 2.05 bits per heavy atom. The Labute approximate surface area is 126 Å². The Kier molecular flexibility index (Phi) is 5.57. The normalized spacial score (nSPS) is 12.6. The molecule has 0 aliphatic rings. The number of furan rings is 1. The van der Waals surface area contributed by atoms with Crippen LogP contribution in [0.25, 0.3) is 0 Å². The van der Waals surface area contributed by atoms with Crippen molar-refractivity contribution < 1.29 is 8.81 Å². The average molecular weight is 289 g/mol. The third kappa shape index (κ3) is 3.94. The van der Waals surface area contributed by atoms with Gasteiger partial charge in [-0.2, -0.15) is 0 Å². The molecule has 1 aromatic heterocycles. The van der Waals surface area contributed by atoms with Gasteiger partial charge in [0.2, 0.25) is 0 Å². The maximum absolute atomic E-state index is 13.5. The number of nitrogens with one attached hydrogen (secondary N) is 1. The second-order valence-corrected chi connectivity index (χ2v) is 5.43. The third-order valence-electron chi connectivity index (χ3n) is 3.85. The van der Waals surface area contributed by atoms with E-state index >= 15 is 0 Å². The van der Waals surface area contributed by atoms with Gasteiger partial charge < -0.3 is 9.73 Å². The van der Waals surface area contributed by atoms with Crippen LogP contribution in [-0.2, 0) is 12.8 Å². The molecular formula is C18H24FNO. The first kappa shape index (κ1) is 15.8. The molecule has 0 spiro atoms. The van der Waals surface area contributed by atoms with Crippen LogP contribution in [0, 0.1) is 12.7 Å². The van der Waals surface area contributed by atoms with Gasteiger partial charge in [0.25, 0.3) is 0 Å². The summed E-state index contributed by atoms with van der Waals surface area (Å²) < 4.78 is 19.1. The van der Waals surface area contributed by atoms with Crippen molar-refractivity contribution in [2.45, 2.75) is 46.1 Å². The van der Waals surface area contributed by atoms with Crippen molar-refractivity contribution in [2.75, 3.05) is 6.54 Å². The van der Waals surface area contributed by atoms with Crippen LogP contribution in [0.4, 0.5) is 4.39 Å². The second-order valence-electron chi connectivity index (χ2n) is 5.43. The molecule has 0 saturated carbocycles. The number of aryl methyl sites for hydroxylation is 2. The third-order valence-corrected chi connectivity index (χ3v) is 3.85. The highest BCUT2D eigenvalue weighted by molar-refractivity contribution is 5.30. The zero-order valence-corrected chi connectivity index (χ0v) is 13.1. The van der Waals surface area contributed by atoms with Gasteiger partial charge in [0.05, 0.1) is 6.26 Å². The Morgan fingerprint density at radius 3 is 2.76 bits per heavy atom. The minimum absolute atomic E-state index is 0.166. The maximum Gasteiger partial charge on any atom is 0.123 e. The Morgan fingerprint density at radius 1 is 1.24 bits per heavy atom. The van der Waals surface area contributed by atoms with Gasteiger partial charge in [-0.1, -0.05) is 19.9 Å². The SMILES string of the molecule is CCCNC(Cc1cc(F)ccc1C)c1ccoc1CC. The molecule has 3 heteroatoms. The molecule has 0 saturated heterocycles. The lowest BCUT2D eigenvalue weighted by molar-refractivity contribution is 0.481. The average Bonchev–Trinajstić information content (AvgIpc) is 2.95. The lowest BCUT2D eigenvalue weighted by Crippen LogP contribution is -2.25. The summed E-state index contributed by atoms with van der Waals surface area (Å²) in [4.78, 5) is 0. The van der Waals surface area contributed by atoms with E-state index in [1.54, 1.807) is 12.3 Å². The van der Waals surface area contributed by atoms with Crippen LogP contribution in [0.15, 0.2) is 34.9 Å². The van der Waals surface area contributed by atoms with Crippen molar-refractivity contribution in [3.8, 4) is 0 Å². The highest BCUT2D eigenvalue weighted by Gasteiger charge is 2.18. The molecule has 1 N–H and O–H groups in total. The topological polar surface area (TPSA) is 25.2 Å². The fraction of sp³-hybridized carbons (Fsp3) is 0.444. The van der Waals surface area contributed by atoms with E-state index in [0.717, 1.165) is 42.7 Å². The van der Waals surface area contributed by atoms with Crippen LogP contribution in [0.1, 0.15) is 48.8 Å². The highest BCUT2D eigenvalue weighted by atomic mass is 19.1. The van der Waals surface area contributed by atoms with Gasteiger partial charge in [-0.15, -0.1) is 0 Å². The summed E-state index contributed by atoms with van der Waals surface area (Å²) in [6.07, 6.45) is 4.45. The van der Waals surface area contributed by atoms with E-state index < -0.39 is 0 Å². The molecule has 114 valence electrons. The predicted molar refractivity (Wildman–Crippen MR) is 84.0 cm³/mol. The molecule has 0 amide bonds. The van der Waals surface area contributed by atoms with E-state index in [-0.39, 0.29) is 11.9 Å². The number of benzene rings is 1. The standard InChI is InChI=1S/C18H24FNO/c1-4-9-20-17(16-8-10-21-18(16)5-2)12-14-11-15(19)7-6-13(14)3/h6-8,10-11,17,20H,4-5,9,12H2,1-3H3. The van der Waals surface area contributed by atoms with Gasteiger partial charge in [-0.3, -0.25) is 0 Å². The molecule has 1 unspecified atom stereocenters. The van der Waals surface area contributed by atoms with Crippen molar-refractivity contribution >= 4 is 0 Å². The monoisotopic (exact) mass is 289 g/mol. The molecule has 0 bridgehead atoms. The van der Waals surface area contributed by atoms with Crippen molar-refractivity contribution in [3.05, 3.63) is 58.8 Å². The van der Waals surface area contributed by atoms with Gasteiger partial charge >= 0.3 is 0 Å². The maximum atomic E-state index is 13.5. The molecule has 1 atom stereocenters. The molecule has 21 heavy (non-hydrogen) atoms. The van der Waals surface area contributed by atoms with Crippen LogP contribution < -0.4 is 5.32 Å². The van der Waals surface area contributed by atoms with Crippen molar-refractivity contribution in [2.24, 2.45) is 0 Å². The fourth-order valence-corrected chi connectivity index (χ4v) is 2.64. The zero-order valence-electron chi connectivity index (χ0n) is 13.1. The Hall–Kier alpha value is -1.61. The molecule has 2 rings (SSSR count). The van der Waals surface area contributed by atoms with E-state index in [1.807, 2.05) is 19.1 Å². The first-order valence-electron chi connectivity index (χ1n) is 7.70. The summed E-state index contributed by atoms with van der Waals surface area (Å²) in [7, 11) is 0. The van der Waals surface area contributed by atoms with E-state index in [9.17, 15) is 4.39 Å². The second kappa shape index (κ2) is 7.41. The molecule has 1 heterocycles. The first-order chi connectivity index (χ1) is 10.2. The summed E-state index contributed by atoms with van der Waals surface area (Å²) in [6, 6.07) is 7.20. The zero-order chi connectivity index (χ0) is 15.2. The van der Waals surface area contributed by atoms with Gasteiger partial charge in [-0.05, 0) is 55.6 Å². The van der Waals surface area contributed by atoms with Crippen LogP contribution in [0.3, 0.4) is 0 Å². The summed E-state index contributed by atoms with van der Waals surface area (Å²) >= 11 is 0. The van der Waals surface area contributed by atoms with Crippen LogP contribution in [-0.4, -0.2) is 6.54 Å². The summed E-state index contributed by atoms with van der Waals surface area (Å²) in [5, 5.41) is 3.56. The minimum atomic E-state index is -0.173. The van der Waals surface area contributed by atoms with Crippen LogP contribution in [0.2, 0.25) is 0 Å². The van der Waals surface area contributed by atoms with Crippen molar-refractivity contribution in [1.82, 2.24) is 5.32 Å². The molecule has 0 radical (unpaired) electrons. The van der Waals surface area contributed by atoms with E-state index in [0.29, 0.717) is 0 Å². The summed E-state index contributed by atoms with van der Waals surface area (Å²) in [6.45, 7) is 7.20. The van der Waals surface area contributed by atoms with Gasteiger partial charge in [0, 0.05) is 18.0 Å². The van der Waals surface area contributed by atoms with Gasteiger partial charge in [-0.25, -0.2) is 4.39 Å². The summed E-state index contributed by atoms with van der Waals surface area (Å²) in [5.41, 5.74) is 3.36. The molecule has 0 aliphatic heterocycles. The number of rotatable bonds is 7. The minimum Gasteiger partial charge on any atom is -0.469 e. The molecule has 2 aromatic rings. The fourth-order valence-electron chi connectivity index (χ4n) is 2.64. The lowest BCUT2D eigenvalue weighted by atomic mass is 9.95. The molecule has 1 aromatic carbocycles. The quantitative estimate of drug-likeness (QED) is 0.807. The first-order valence-corrected chi connectivity index (χ1v) is 7.70. The molecule has 0 fully saturated rings.